The molecule has 4 rings (SSSR count). The summed E-state index contributed by atoms with van der Waals surface area (Å²) in [6.45, 7) is 1.77. The van der Waals surface area contributed by atoms with Crippen LogP contribution in [0.5, 0.6) is 0 Å². The Kier molecular flexibility index (Phi) is 5.68. The van der Waals surface area contributed by atoms with Gasteiger partial charge in [-0.05, 0) is 36.4 Å². The van der Waals surface area contributed by atoms with Gasteiger partial charge in [-0.2, -0.15) is 0 Å². The molecule has 2 aromatic carbocycles. The fourth-order valence-corrected chi connectivity index (χ4v) is 4.59. The largest absolute Gasteiger partial charge is 0.349 e. The fourth-order valence-electron chi connectivity index (χ4n) is 3.46. The van der Waals surface area contributed by atoms with Gasteiger partial charge < -0.3 is 14.8 Å². The Bertz CT molecular complexity index is 1310. The van der Waals surface area contributed by atoms with Crippen LogP contribution in [0.4, 0.5) is 11.1 Å². The Balaban J connectivity index is 1.58. The van der Waals surface area contributed by atoms with Gasteiger partial charge in [0.05, 0.1) is 21.3 Å². The van der Waals surface area contributed by atoms with E-state index in [1.54, 1.807) is 33.2 Å². The topological polar surface area (TPSA) is 80.1 Å². The van der Waals surface area contributed by atoms with Crippen LogP contribution < -0.4 is 5.32 Å². The van der Waals surface area contributed by atoms with Crippen molar-refractivity contribution in [2.75, 3.05) is 19.4 Å². The molecule has 0 saturated heterocycles. The van der Waals surface area contributed by atoms with E-state index in [1.807, 2.05) is 35.9 Å². The zero-order valence-electron chi connectivity index (χ0n) is 17.6. The van der Waals surface area contributed by atoms with Crippen molar-refractivity contribution < 1.29 is 9.59 Å². The second kappa shape index (κ2) is 8.28. The quantitative estimate of drug-likeness (QED) is 0.419. The zero-order chi connectivity index (χ0) is 22.3. The number of hydrogen-bond donors (Lipinski definition) is 1. The van der Waals surface area contributed by atoms with Crippen LogP contribution >= 0.6 is 22.9 Å². The monoisotopic (exact) mass is 455 g/mol. The van der Waals surface area contributed by atoms with E-state index in [2.05, 4.69) is 15.3 Å². The number of thiazole rings is 1. The summed E-state index contributed by atoms with van der Waals surface area (Å²) >= 11 is 7.56. The van der Waals surface area contributed by atoms with Gasteiger partial charge in [0.1, 0.15) is 0 Å². The highest BCUT2D eigenvalue weighted by Crippen LogP contribution is 2.31. The third-order valence-corrected chi connectivity index (χ3v) is 6.29. The summed E-state index contributed by atoms with van der Waals surface area (Å²) < 4.78 is 2.91. The summed E-state index contributed by atoms with van der Waals surface area (Å²) in [5, 5.41) is 4.64. The smallest absolute Gasteiger partial charge is 0.225 e. The second-order valence-corrected chi connectivity index (χ2v) is 9.18. The van der Waals surface area contributed by atoms with Crippen LogP contribution in [0.3, 0.4) is 0 Å². The van der Waals surface area contributed by atoms with Crippen molar-refractivity contribution in [3.63, 3.8) is 0 Å². The molecule has 7 nitrogen and oxygen atoms in total. The second-order valence-electron chi connectivity index (χ2n) is 7.71. The molecule has 0 aliphatic carbocycles. The molecule has 1 atom stereocenters. The molecule has 0 spiro atoms. The maximum atomic E-state index is 12.7. The highest BCUT2D eigenvalue weighted by atomic mass is 35.5. The average Bonchev–Trinajstić information content (AvgIpc) is 3.26. The van der Waals surface area contributed by atoms with Gasteiger partial charge >= 0.3 is 0 Å². The molecule has 0 aliphatic rings. The number of imidazole rings is 1. The number of aromatic nitrogens is 3. The molecule has 9 heteroatoms. The van der Waals surface area contributed by atoms with Crippen molar-refractivity contribution in [2.24, 2.45) is 13.0 Å². The summed E-state index contributed by atoms with van der Waals surface area (Å²) in [6.07, 6.45) is 0.161. The lowest BCUT2D eigenvalue weighted by molar-refractivity contribution is -0.132. The van der Waals surface area contributed by atoms with Crippen molar-refractivity contribution in [1.29, 1.82) is 0 Å². The number of aryl methyl sites for hydroxylation is 1. The lowest BCUT2D eigenvalue weighted by Gasteiger charge is -2.16. The first-order chi connectivity index (χ1) is 14.7. The predicted molar refractivity (Wildman–Crippen MR) is 125 cm³/mol. The molecule has 160 valence electrons. The molecule has 31 heavy (non-hydrogen) atoms. The molecule has 0 bridgehead atoms. The first kappa shape index (κ1) is 21.3. The van der Waals surface area contributed by atoms with Crippen LogP contribution in [-0.2, 0) is 11.8 Å². The Morgan fingerprint density at radius 2 is 1.94 bits per heavy atom. The van der Waals surface area contributed by atoms with E-state index < -0.39 is 0 Å². The Labute approximate surface area is 188 Å². The molecule has 4 aromatic rings. The number of carbonyl (C=O) groups excluding carboxylic acids is 2. The SMILES string of the molecule is C[C@H](CC(=O)c1ccc2c(c1)nc(Nc1nc3ccc(Cl)cc3s1)n2C)C(=O)N(C)C. The van der Waals surface area contributed by atoms with Gasteiger partial charge in [-0.25, -0.2) is 9.97 Å². The fraction of sp³-hybridized carbons (Fsp3) is 0.273. The predicted octanol–water partition coefficient (Wildman–Crippen LogP) is 4.88. The summed E-state index contributed by atoms with van der Waals surface area (Å²) in [4.78, 5) is 35.5. The number of benzene rings is 2. The molecule has 0 radical (unpaired) electrons. The molecular weight excluding hydrogens is 434 g/mol. The third-order valence-electron chi connectivity index (χ3n) is 5.13. The Hall–Kier alpha value is -2.97. The van der Waals surface area contributed by atoms with Crippen LogP contribution in [0.1, 0.15) is 23.7 Å². The van der Waals surface area contributed by atoms with Gasteiger partial charge in [0.2, 0.25) is 11.9 Å². The Morgan fingerprint density at radius 3 is 2.68 bits per heavy atom. The van der Waals surface area contributed by atoms with Crippen molar-refractivity contribution in [2.45, 2.75) is 13.3 Å². The number of halogens is 1. The summed E-state index contributed by atoms with van der Waals surface area (Å²) in [6, 6.07) is 11.0. The van der Waals surface area contributed by atoms with E-state index in [4.69, 9.17) is 11.6 Å². The lowest BCUT2D eigenvalue weighted by atomic mass is 9.98. The molecule has 0 unspecified atom stereocenters. The minimum absolute atomic E-state index is 0.0594. The highest BCUT2D eigenvalue weighted by molar-refractivity contribution is 7.22. The first-order valence-corrected chi connectivity index (χ1v) is 11.0. The molecule has 0 fully saturated rings. The first-order valence-electron chi connectivity index (χ1n) is 9.77. The minimum atomic E-state index is -0.369. The lowest BCUT2D eigenvalue weighted by Crippen LogP contribution is -2.29. The van der Waals surface area contributed by atoms with Gasteiger partial charge in [0.15, 0.2) is 10.9 Å². The minimum Gasteiger partial charge on any atom is -0.349 e. The molecule has 0 saturated carbocycles. The zero-order valence-corrected chi connectivity index (χ0v) is 19.2. The van der Waals surface area contributed by atoms with Crippen LogP contribution in [0.15, 0.2) is 36.4 Å². The number of nitrogens with one attached hydrogen (secondary N) is 1. The van der Waals surface area contributed by atoms with E-state index in [0.717, 1.165) is 15.7 Å². The normalized spacial score (nSPS) is 12.3. The van der Waals surface area contributed by atoms with E-state index in [9.17, 15) is 9.59 Å². The van der Waals surface area contributed by atoms with Crippen LogP contribution in [0.25, 0.3) is 21.3 Å². The molecule has 1 N–H and O–H groups in total. The van der Waals surface area contributed by atoms with Gasteiger partial charge in [-0.15, -0.1) is 0 Å². The maximum Gasteiger partial charge on any atom is 0.225 e. The van der Waals surface area contributed by atoms with E-state index in [1.165, 1.54) is 16.2 Å². The summed E-state index contributed by atoms with van der Waals surface area (Å²) in [5.41, 5.74) is 3.00. The third kappa shape index (κ3) is 4.26. The highest BCUT2D eigenvalue weighted by Gasteiger charge is 2.20. The maximum absolute atomic E-state index is 12.7. The summed E-state index contributed by atoms with van der Waals surface area (Å²) in [5.74, 6) is 0.122. The van der Waals surface area contributed by atoms with Crippen LogP contribution in [-0.4, -0.2) is 45.2 Å². The van der Waals surface area contributed by atoms with Gasteiger partial charge in [0.25, 0.3) is 0 Å². The van der Waals surface area contributed by atoms with Crippen LogP contribution in [0, 0.1) is 5.92 Å². The average molecular weight is 456 g/mol. The summed E-state index contributed by atoms with van der Waals surface area (Å²) in [7, 11) is 5.29. The van der Waals surface area contributed by atoms with Crippen LogP contribution in [0.2, 0.25) is 5.02 Å². The van der Waals surface area contributed by atoms with Crippen molar-refractivity contribution in [3.8, 4) is 0 Å². The van der Waals surface area contributed by atoms with Gasteiger partial charge in [-0.1, -0.05) is 29.9 Å². The number of nitrogens with zero attached hydrogens (tertiary/aromatic N) is 4. The van der Waals surface area contributed by atoms with Crippen molar-refractivity contribution in [1.82, 2.24) is 19.4 Å². The number of rotatable bonds is 6. The molecule has 2 aromatic heterocycles. The number of hydrogen-bond acceptors (Lipinski definition) is 6. The Morgan fingerprint density at radius 1 is 1.16 bits per heavy atom. The molecule has 2 heterocycles. The molecular formula is C22H22ClN5O2S. The number of fused-ring (bicyclic) bond motifs is 2. The number of ketones is 1. The standard InChI is InChI=1S/C22H22ClN5O2S/c1-12(20(30)27(2)3)9-18(29)13-5-8-17-16(10-13)24-21(28(17)4)26-22-25-15-7-6-14(23)11-19(15)31-22/h5-8,10-12H,9H2,1-4H3,(H,24,25,26)/t12-/m1/s1. The molecule has 0 aliphatic heterocycles. The van der Waals surface area contributed by atoms with E-state index in [-0.39, 0.29) is 24.0 Å². The number of amides is 1. The van der Waals surface area contributed by atoms with Gasteiger partial charge in [-0.3, -0.25) is 9.59 Å². The van der Waals surface area contributed by atoms with Crippen molar-refractivity contribution >= 4 is 67.0 Å². The number of carbonyl (C=O) groups is 2. The van der Waals surface area contributed by atoms with E-state index >= 15 is 0 Å². The number of Topliss-reactive ketones (excluding diaryl/α,β-unsaturated/α-hetero) is 1. The molecule has 1 amide bonds. The van der Waals surface area contributed by atoms with Crippen molar-refractivity contribution in [3.05, 3.63) is 47.0 Å². The van der Waals surface area contributed by atoms with E-state index in [0.29, 0.717) is 27.2 Å². The van der Waals surface area contributed by atoms with Gasteiger partial charge in [0, 0.05) is 44.1 Å². The number of anilines is 2.